The summed E-state index contributed by atoms with van der Waals surface area (Å²) in [7, 11) is 0. The highest BCUT2D eigenvalue weighted by Crippen LogP contribution is 2.61. The molecule has 0 aromatic carbocycles. The average Bonchev–Trinajstić information content (AvgIpc) is 2.07. The van der Waals surface area contributed by atoms with Crippen molar-refractivity contribution in [2.24, 2.45) is 17.8 Å². The van der Waals surface area contributed by atoms with Crippen LogP contribution in [0.5, 0.6) is 0 Å². The molecule has 0 radical (unpaired) electrons. The van der Waals surface area contributed by atoms with Gasteiger partial charge in [0.25, 0.3) is 0 Å². The van der Waals surface area contributed by atoms with Crippen LogP contribution in [0.4, 0.5) is 0 Å². The van der Waals surface area contributed by atoms with Crippen LogP contribution in [0.15, 0.2) is 12.7 Å². The van der Waals surface area contributed by atoms with Crippen molar-refractivity contribution in [3.05, 3.63) is 12.7 Å². The van der Waals surface area contributed by atoms with E-state index in [1.165, 1.54) is 12.8 Å². The Morgan fingerprint density at radius 1 is 1.25 bits per heavy atom. The predicted octanol–water partition coefficient (Wildman–Crippen LogP) is 1.00. The van der Waals surface area contributed by atoms with Crippen molar-refractivity contribution in [3.8, 4) is 0 Å². The molecule has 0 amide bonds. The van der Waals surface area contributed by atoms with E-state index in [1.807, 2.05) is 0 Å². The first-order valence-electron chi connectivity index (χ1n) is 3.06. The highest BCUT2D eigenvalue weighted by Gasteiger charge is 2.54. The normalized spacial score (nSPS) is 47.8. The molecule has 1 heteroatoms. The van der Waals surface area contributed by atoms with Gasteiger partial charge in [-0.2, -0.15) is 0 Å². The fourth-order valence-electron chi connectivity index (χ4n) is 1.76. The van der Waals surface area contributed by atoms with Gasteiger partial charge >= 0.3 is 0 Å². The van der Waals surface area contributed by atoms with Gasteiger partial charge in [0.15, 0.2) is 0 Å². The maximum atomic E-state index is 3.76. The number of hydrogen-bond acceptors (Lipinski definition) is 0. The zero-order chi connectivity index (χ0) is 4.85. The largest absolute Gasteiger partial charge is 0.412 e. The van der Waals surface area contributed by atoms with Gasteiger partial charge in [-0.15, -0.1) is 6.58 Å². The molecule has 0 heterocycles. The molecule has 0 saturated heterocycles. The van der Waals surface area contributed by atoms with E-state index in [0.717, 1.165) is 17.8 Å². The van der Waals surface area contributed by atoms with E-state index in [4.69, 9.17) is 0 Å². The van der Waals surface area contributed by atoms with E-state index < -0.39 is 0 Å². The fourth-order valence-corrected chi connectivity index (χ4v) is 1.76. The molecule has 0 aliphatic heterocycles. The maximum absolute atomic E-state index is 3.76. The van der Waals surface area contributed by atoms with Gasteiger partial charge in [-0.1, -0.05) is 6.08 Å². The second kappa shape index (κ2) is 1.59. The van der Waals surface area contributed by atoms with Gasteiger partial charge in [0.2, 0.25) is 0 Å². The Labute approximate surface area is 49.7 Å². The highest BCUT2D eigenvalue weighted by atomic mass is 16.0. The molecule has 2 fully saturated rings. The van der Waals surface area contributed by atoms with Crippen LogP contribution in [0.2, 0.25) is 0 Å². The minimum Gasteiger partial charge on any atom is -0.412 e. The number of fused-ring (bicyclic) bond motifs is 1. The van der Waals surface area contributed by atoms with Crippen LogP contribution in [0.1, 0.15) is 12.8 Å². The molecule has 0 spiro atoms. The van der Waals surface area contributed by atoms with Crippen molar-refractivity contribution < 1.29 is 5.48 Å². The summed E-state index contributed by atoms with van der Waals surface area (Å²) >= 11 is 0. The minimum atomic E-state index is 0. The minimum absolute atomic E-state index is 0. The van der Waals surface area contributed by atoms with Crippen LogP contribution in [0, 0.1) is 17.8 Å². The summed E-state index contributed by atoms with van der Waals surface area (Å²) < 4.78 is 0. The predicted molar refractivity (Wildman–Crippen MR) is 33.5 cm³/mol. The highest BCUT2D eigenvalue weighted by molar-refractivity contribution is 5.11. The standard InChI is InChI=1S/C7H10.H2O/c1-2-5-6-3-4-7(5)6;/h2,5-7H,1,3-4H2;1H2/t5?,6-,7?;/m1./s1. The zero-order valence-electron chi connectivity index (χ0n) is 4.93. The summed E-state index contributed by atoms with van der Waals surface area (Å²) in [5, 5.41) is 0. The lowest BCUT2D eigenvalue weighted by Crippen LogP contribution is -1.93. The van der Waals surface area contributed by atoms with E-state index in [2.05, 4.69) is 12.7 Å². The lowest BCUT2D eigenvalue weighted by molar-refractivity contribution is 0.468. The van der Waals surface area contributed by atoms with Gasteiger partial charge in [-0.05, 0) is 30.6 Å². The lowest BCUT2D eigenvalue weighted by Gasteiger charge is -2.04. The van der Waals surface area contributed by atoms with Gasteiger partial charge in [0, 0.05) is 0 Å². The number of allylic oxidation sites excluding steroid dienone is 1. The quantitative estimate of drug-likeness (QED) is 0.453. The molecule has 0 bridgehead atoms. The number of hydrogen-bond donors (Lipinski definition) is 0. The smallest absolute Gasteiger partial charge is 0.0174 e. The molecule has 46 valence electrons. The van der Waals surface area contributed by atoms with Crippen LogP contribution in [-0.4, -0.2) is 5.48 Å². The van der Waals surface area contributed by atoms with Gasteiger partial charge in [0.1, 0.15) is 0 Å². The molecule has 8 heavy (non-hydrogen) atoms. The molecular formula is C7H12O. The Morgan fingerprint density at radius 3 is 1.88 bits per heavy atom. The van der Waals surface area contributed by atoms with Gasteiger partial charge in [-0.3, -0.25) is 0 Å². The van der Waals surface area contributed by atoms with E-state index in [-0.39, 0.29) is 5.48 Å². The van der Waals surface area contributed by atoms with Crippen LogP contribution < -0.4 is 0 Å². The molecule has 1 nitrogen and oxygen atoms in total. The van der Waals surface area contributed by atoms with Crippen molar-refractivity contribution in [3.63, 3.8) is 0 Å². The summed E-state index contributed by atoms with van der Waals surface area (Å²) in [5.41, 5.74) is 0. The summed E-state index contributed by atoms with van der Waals surface area (Å²) in [4.78, 5) is 0. The third-order valence-electron chi connectivity index (χ3n) is 2.50. The fraction of sp³-hybridized carbons (Fsp3) is 0.714. The second-order valence-electron chi connectivity index (χ2n) is 2.72. The van der Waals surface area contributed by atoms with Crippen LogP contribution in [-0.2, 0) is 0 Å². The topological polar surface area (TPSA) is 31.5 Å². The molecule has 2 saturated carbocycles. The second-order valence-corrected chi connectivity index (χ2v) is 2.72. The van der Waals surface area contributed by atoms with Crippen LogP contribution in [0.25, 0.3) is 0 Å². The van der Waals surface area contributed by atoms with Crippen molar-refractivity contribution >= 4 is 0 Å². The Bertz CT molecular complexity index is 99.0. The van der Waals surface area contributed by atoms with E-state index in [0.29, 0.717) is 0 Å². The van der Waals surface area contributed by atoms with Gasteiger partial charge in [-0.25, -0.2) is 0 Å². The molecule has 0 aromatic heterocycles. The molecule has 0 aromatic rings. The zero-order valence-corrected chi connectivity index (χ0v) is 4.93. The van der Waals surface area contributed by atoms with E-state index in [9.17, 15) is 0 Å². The first kappa shape index (κ1) is 5.83. The Hall–Kier alpha value is -0.300. The molecule has 2 N–H and O–H groups in total. The van der Waals surface area contributed by atoms with Crippen molar-refractivity contribution in [2.45, 2.75) is 12.8 Å². The van der Waals surface area contributed by atoms with Gasteiger partial charge in [0.05, 0.1) is 0 Å². The summed E-state index contributed by atoms with van der Waals surface area (Å²) in [5.74, 6) is 3.13. The Balaban J connectivity index is 0.000000320. The monoisotopic (exact) mass is 112 g/mol. The lowest BCUT2D eigenvalue weighted by atomic mass is 10.0. The summed E-state index contributed by atoms with van der Waals surface area (Å²) in [6.07, 6.45) is 5.10. The third kappa shape index (κ3) is 0.451. The van der Waals surface area contributed by atoms with E-state index in [1.54, 1.807) is 0 Å². The first-order valence-corrected chi connectivity index (χ1v) is 3.06. The molecule has 2 rings (SSSR count). The first-order chi connectivity index (χ1) is 3.43. The Kier molecular flexibility index (Phi) is 1.16. The van der Waals surface area contributed by atoms with Crippen LogP contribution >= 0.6 is 0 Å². The van der Waals surface area contributed by atoms with Crippen LogP contribution in [0.3, 0.4) is 0 Å². The van der Waals surface area contributed by atoms with E-state index >= 15 is 0 Å². The molecule has 2 unspecified atom stereocenters. The van der Waals surface area contributed by atoms with Crippen molar-refractivity contribution in [1.82, 2.24) is 0 Å². The molecule has 2 aliphatic rings. The molecule has 3 atom stereocenters. The van der Waals surface area contributed by atoms with Crippen molar-refractivity contribution in [2.75, 3.05) is 0 Å². The summed E-state index contributed by atoms with van der Waals surface area (Å²) in [6.45, 7) is 3.76. The van der Waals surface area contributed by atoms with Gasteiger partial charge < -0.3 is 5.48 Å². The summed E-state index contributed by atoms with van der Waals surface area (Å²) in [6, 6.07) is 0. The number of rotatable bonds is 1. The maximum Gasteiger partial charge on any atom is -0.0174 e. The van der Waals surface area contributed by atoms with Crippen molar-refractivity contribution in [1.29, 1.82) is 0 Å². The third-order valence-corrected chi connectivity index (χ3v) is 2.50. The molecule has 2 aliphatic carbocycles. The SMILES string of the molecule is C=CC1C2CC[C@H]12.O. The average molecular weight is 112 g/mol. The Morgan fingerprint density at radius 2 is 1.75 bits per heavy atom. The molecular weight excluding hydrogens is 100 g/mol.